The van der Waals surface area contributed by atoms with Crippen LogP contribution in [-0.4, -0.2) is 31.6 Å². The molecule has 1 aliphatic rings. The fourth-order valence-electron chi connectivity index (χ4n) is 2.81. The minimum absolute atomic E-state index is 0.355. The first-order valence-corrected chi connectivity index (χ1v) is 7.72. The van der Waals surface area contributed by atoms with Crippen LogP contribution in [0.1, 0.15) is 37.8 Å². The third-order valence-electron chi connectivity index (χ3n) is 4.24. The standard InChI is InChI=1S/C16H25ClN2/c1-13-7-10-19(11-8-13)12-9-16(18-2)14-5-3-4-6-15(14)17/h3-6,13,16,18H,7-12H2,1-2H3. The molecule has 0 amide bonds. The zero-order valence-corrected chi connectivity index (χ0v) is 12.8. The highest BCUT2D eigenvalue weighted by Crippen LogP contribution is 2.25. The molecular formula is C16H25ClN2. The Balaban J connectivity index is 1.88. The molecule has 1 aliphatic heterocycles. The molecule has 1 unspecified atom stereocenters. The van der Waals surface area contributed by atoms with Crippen LogP contribution in [0.5, 0.6) is 0 Å². The van der Waals surface area contributed by atoms with Crippen LogP contribution in [0.4, 0.5) is 0 Å². The molecule has 1 atom stereocenters. The lowest BCUT2D eigenvalue weighted by atomic mass is 9.98. The fraction of sp³-hybridized carbons (Fsp3) is 0.625. The van der Waals surface area contributed by atoms with Gasteiger partial charge in [-0.05, 0) is 63.5 Å². The van der Waals surface area contributed by atoms with Crippen molar-refractivity contribution in [2.75, 3.05) is 26.7 Å². The SMILES string of the molecule is CNC(CCN1CCC(C)CC1)c1ccccc1Cl. The van der Waals surface area contributed by atoms with Gasteiger partial charge in [0.15, 0.2) is 0 Å². The second-order valence-electron chi connectivity index (χ2n) is 5.68. The van der Waals surface area contributed by atoms with E-state index in [-0.39, 0.29) is 0 Å². The summed E-state index contributed by atoms with van der Waals surface area (Å²) >= 11 is 6.28. The van der Waals surface area contributed by atoms with Crippen LogP contribution in [0.2, 0.25) is 5.02 Å². The maximum atomic E-state index is 6.28. The quantitative estimate of drug-likeness (QED) is 0.884. The Hall–Kier alpha value is -0.570. The van der Waals surface area contributed by atoms with Gasteiger partial charge in [0.2, 0.25) is 0 Å². The number of hydrogen-bond donors (Lipinski definition) is 1. The Kier molecular flexibility index (Phi) is 5.68. The maximum Gasteiger partial charge on any atom is 0.0453 e. The molecule has 2 nitrogen and oxygen atoms in total. The van der Waals surface area contributed by atoms with Gasteiger partial charge in [0, 0.05) is 11.1 Å². The van der Waals surface area contributed by atoms with E-state index < -0.39 is 0 Å². The smallest absolute Gasteiger partial charge is 0.0453 e. The van der Waals surface area contributed by atoms with E-state index in [1.807, 2.05) is 19.2 Å². The minimum Gasteiger partial charge on any atom is -0.313 e. The zero-order chi connectivity index (χ0) is 13.7. The van der Waals surface area contributed by atoms with Crippen molar-refractivity contribution in [2.45, 2.75) is 32.2 Å². The molecule has 3 heteroatoms. The van der Waals surface area contributed by atoms with Gasteiger partial charge in [0.25, 0.3) is 0 Å². The summed E-state index contributed by atoms with van der Waals surface area (Å²) in [5, 5.41) is 4.27. The molecule has 0 saturated carbocycles. The van der Waals surface area contributed by atoms with Crippen LogP contribution in [-0.2, 0) is 0 Å². The van der Waals surface area contributed by atoms with Gasteiger partial charge in [-0.15, -0.1) is 0 Å². The highest BCUT2D eigenvalue weighted by Gasteiger charge is 2.18. The van der Waals surface area contributed by atoms with Gasteiger partial charge in [0.1, 0.15) is 0 Å². The normalized spacial score (nSPS) is 19.5. The van der Waals surface area contributed by atoms with Crippen LogP contribution in [0.25, 0.3) is 0 Å². The zero-order valence-electron chi connectivity index (χ0n) is 12.0. The van der Waals surface area contributed by atoms with Crippen molar-refractivity contribution in [1.29, 1.82) is 0 Å². The monoisotopic (exact) mass is 280 g/mol. The van der Waals surface area contributed by atoms with Crippen molar-refractivity contribution < 1.29 is 0 Å². The first-order valence-electron chi connectivity index (χ1n) is 7.34. The summed E-state index contributed by atoms with van der Waals surface area (Å²) in [5.41, 5.74) is 1.22. The number of benzene rings is 1. The van der Waals surface area contributed by atoms with E-state index in [1.54, 1.807) is 0 Å². The molecule has 1 fully saturated rings. The average molecular weight is 281 g/mol. The Morgan fingerprint density at radius 3 is 2.63 bits per heavy atom. The third-order valence-corrected chi connectivity index (χ3v) is 4.58. The van der Waals surface area contributed by atoms with E-state index in [0.29, 0.717) is 6.04 Å². The summed E-state index contributed by atoms with van der Waals surface area (Å²) in [5.74, 6) is 0.903. The molecule has 0 aromatic heterocycles. The fourth-order valence-corrected chi connectivity index (χ4v) is 3.08. The van der Waals surface area contributed by atoms with Crippen LogP contribution < -0.4 is 5.32 Å². The summed E-state index contributed by atoms with van der Waals surface area (Å²) in [7, 11) is 2.02. The molecule has 2 rings (SSSR count). The van der Waals surface area contributed by atoms with Gasteiger partial charge in [-0.1, -0.05) is 36.7 Å². The van der Waals surface area contributed by atoms with Crippen molar-refractivity contribution >= 4 is 11.6 Å². The Bertz CT molecular complexity index is 386. The molecule has 0 radical (unpaired) electrons. The highest BCUT2D eigenvalue weighted by atomic mass is 35.5. The number of halogens is 1. The maximum absolute atomic E-state index is 6.28. The summed E-state index contributed by atoms with van der Waals surface area (Å²) < 4.78 is 0. The topological polar surface area (TPSA) is 15.3 Å². The van der Waals surface area contributed by atoms with Crippen LogP contribution in [0.3, 0.4) is 0 Å². The van der Waals surface area contributed by atoms with Gasteiger partial charge < -0.3 is 10.2 Å². The molecule has 0 aliphatic carbocycles. The predicted molar refractivity (Wildman–Crippen MR) is 82.7 cm³/mol. The molecule has 1 N–H and O–H groups in total. The molecule has 19 heavy (non-hydrogen) atoms. The molecule has 0 bridgehead atoms. The van der Waals surface area contributed by atoms with Crippen molar-refractivity contribution in [3.05, 3.63) is 34.9 Å². The number of nitrogens with zero attached hydrogens (tertiary/aromatic N) is 1. The van der Waals surface area contributed by atoms with E-state index >= 15 is 0 Å². The van der Waals surface area contributed by atoms with Crippen LogP contribution in [0.15, 0.2) is 24.3 Å². The van der Waals surface area contributed by atoms with Crippen LogP contribution >= 0.6 is 11.6 Å². The Morgan fingerprint density at radius 2 is 2.00 bits per heavy atom. The van der Waals surface area contributed by atoms with E-state index in [4.69, 9.17) is 11.6 Å². The molecule has 1 aromatic carbocycles. The molecule has 106 valence electrons. The van der Waals surface area contributed by atoms with Gasteiger partial charge >= 0.3 is 0 Å². The van der Waals surface area contributed by atoms with Gasteiger partial charge in [-0.2, -0.15) is 0 Å². The van der Waals surface area contributed by atoms with Gasteiger partial charge in [-0.3, -0.25) is 0 Å². The second kappa shape index (κ2) is 7.28. The largest absolute Gasteiger partial charge is 0.313 e. The van der Waals surface area contributed by atoms with Crippen molar-refractivity contribution in [3.63, 3.8) is 0 Å². The number of rotatable bonds is 5. The van der Waals surface area contributed by atoms with Crippen molar-refractivity contribution in [3.8, 4) is 0 Å². The molecule has 0 spiro atoms. The molecule has 1 saturated heterocycles. The number of likely N-dealkylation sites (tertiary alicyclic amines) is 1. The lowest BCUT2D eigenvalue weighted by Crippen LogP contribution is -2.35. The number of hydrogen-bond acceptors (Lipinski definition) is 2. The highest BCUT2D eigenvalue weighted by molar-refractivity contribution is 6.31. The Labute approximate surface area is 122 Å². The molecular weight excluding hydrogens is 256 g/mol. The first kappa shape index (κ1) is 14.8. The third kappa shape index (κ3) is 4.20. The van der Waals surface area contributed by atoms with Crippen molar-refractivity contribution in [2.24, 2.45) is 5.92 Å². The van der Waals surface area contributed by atoms with Gasteiger partial charge in [-0.25, -0.2) is 0 Å². The lowest BCUT2D eigenvalue weighted by Gasteiger charge is -2.31. The first-order chi connectivity index (χ1) is 9.20. The molecule has 1 heterocycles. The molecule has 1 aromatic rings. The summed E-state index contributed by atoms with van der Waals surface area (Å²) in [6.45, 7) is 6.02. The minimum atomic E-state index is 0.355. The van der Waals surface area contributed by atoms with Gasteiger partial charge in [0.05, 0.1) is 0 Å². The van der Waals surface area contributed by atoms with E-state index in [2.05, 4.69) is 29.3 Å². The number of piperidine rings is 1. The predicted octanol–water partition coefficient (Wildman–Crippen LogP) is 3.72. The summed E-state index contributed by atoms with van der Waals surface area (Å²) in [6, 6.07) is 8.51. The average Bonchev–Trinajstić information content (AvgIpc) is 2.43. The van der Waals surface area contributed by atoms with E-state index in [0.717, 1.165) is 23.9 Å². The lowest BCUT2D eigenvalue weighted by molar-refractivity contribution is 0.185. The van der Waals surface area contributed by atoms with Crippen molar-refractivity contribution in [1.82, 2.24) is 10.2 Å². The second-order valence-corrected chi connectivity index (χ2v) is 6.08. The number of nitrogens with one attached hydrogen (secondary N) is 1. The van der Waals surface area contributed by atoms with Crippen LogP contribution in [0, 0.1) is 5.92 Å². The summed E-state index contributed by atoms with van der Waals surface area (Å²) in [6.07, 6.45) is 3.81. The van der Waals surface area contributed by atoms with E-state index in [1.165, 1.54) is 31.5 Å². The summed E-state index contributed by atoms with van der Waals surface area (Å²) in [4.78, 5) is 2.58. The van der Waals surface area contributed by atoms with E-state index in [9.17, 15) is 0 Å². The Morgan fingerprint density at radius 1 is 1.32 bits per heavy atom.